The molecule has 0 aromatic heterocycles. The summed E-state index contributed by atoms with van der Waals surface area (Å²) in [5, 5.41) is 0. The fourth-order valence-corrected chi connectivity index (χ4v) is 5.57. The van der Waals surface area contributed by atoms with Crippen LogP contribution in [-0.2, 0) is 0 Å². The second kappa shape index (κ2) is 5.51. The van der Waals surface area contributed by atoms with Crippen molar-refractivity contribution in [2.24, 2.45) is 11.3 Å². The SMILES string of the molecule is CC1(C)C2=C(CCC(C3=CC=CCC3)=C2)C2=CCC(I)CC21. The van der Waals surface area contributed by atoms with Crippen LogP contribution < -0.4 is 0 Å². The third-order valence-electron chi connectivity index (χ3n) is 6.09. The number of alkyl halides is 1. The molecule has 2 unspecified atom stereocenters. The van der Waals surface area contributed by atoms with Gasteiger partial charge in [-0.05, 0) is 77.7 Å². The van der Waals surface area contributed by atoms with Crippen LogP contribution >= 0.6 is 22.6 Å². The number of hydrogen-bond donors (Lipinski definition) is 0. The highest BCUT2D eigenvalue weighted by atomic mass is 127. The first kappa shape index (κ1) is 15.0. The lowest BCUT2D eigenvalue weighted by Gasteiger charge is -2.34. The molecule has 22 heavy (non-hydrogen) atoms. The van der Waals surface area contributed by atoms with Gasteiger partial charge in [0.2, 0.25) is 0 Å². The zero-order valence-corrected chi connectivity index (χ0v) is 15.8. The zero-order chi connectivity index (χ0) is 15.3. The molecule has 4 aliphatic rings. The van der Waals surface area contributed by atoms with E-state index in [2.05, 4.69) is 66.8 Å². The summed E-state index contributed by atoms with van der Waals surface area (Å²) in [6.07, 6.45) is 19.6. The van der Waals surface area contributed by atoms with Crippen LogP contribution in [0.5, 0.6) is 0 Å². The Hall–Kier alpha value is -0.570. The summed E-state index contributed by atoms with van der Waals surface area (Å²) in [4.78, 5) is 0. The minimum atomic E-state index is 0.321. The molecule has 0 aliphatic heterocycles. The van der Waals surface area contributed by atoms with Gasteiger partial charge >= 0.3 is 0 Å². The lowest BCUT2D eigenvalue weighted by molar-refractivity contribution is 0.310. The minimum absolute atomic E-state index is 0.321. The van der Waals surface area contributed by atoms with Crippen LogP contribution in [0.3, 0.4) is 0 Å². The first-order valence-electron chi connectivity index (χ1n) is 8.72. The fraction of sp³-hybridized carbons (Fsp3) is 0.524. The molecule has 0 fully saturated rings. The molecule has 0 bridgehead atoms. The number of rotatable bonds is 1. The Kier molecular flexibility index (Phi) is 3.75. The highest BCUT2D eigenvalue weighted by Gasteiger charge is 2.46. The summed E-state index contributed by atoms with van der Waals surface area (Å²) >= 11 is 2.65. The predicted octanol–water partition coefficient (Wildman–Crippen LogP) is 6.46. The Morgan fingerprint density at radius 2 is 2.00 bits per heavy atom. The molecule has 1 heteroatoms. The Labute approximate surface area is 148 Å². The molecule has 0 aromatic carbocycles. The second-order valence-corrected chi connectivity index (χ2v) is 9.48. The van der Waals surface area contributed by atoms with Crippen molar-refractivity contribution in [3.8, 4) is 0 Å². The highest BCUT2D eigenvalue weighted by molar-refractivity contribution is 14.1. The minimum Gasteiger partial charge on any atom is -0.0842 e. The summed E-state index contributed by atoms with van der Waals surface area (Å²) in [7, 11) is 0. The van der Waals surface area contributed by atoms with Crippen LogP contribution in [0.25, 0.3) is 0 Å². The first-order chi connectivity index (χ1) is 10.6. The van der Waals surface area contributed by atoms with E-state index in [-0.39, 0.29) is 0 Å². The quantitative estimate of drug-likeness (QED) is 0.348. The van der Waals surface area contributed by atoms with Gasteiger partial charge in [0, 0.05) is 3.92 Å². The van der Waals surface area contributed by atoms with Gasteiger partial charge < -0.3 is 0 Å². The zero-order valence-electron chi connectivity index (χ0n) is 13.7. The summed E-state index contributed by atoms with van der Waals surface area (Å²) in [6.45, 7) is 4.97. The molecule has 0 saturated carbocycles. The van der Waals surface area contributed by atoms with Gasteiger partial charge in [0.25, 0.3) is 0 Å². The van der Waals surface area contributed by atoms with Gasteiger partial charge in [-0.1, -0.05) is 66.8 Å². The van der Waals surface area contributed by atoms with Crippen LogP contribution in [0.2, 0.25) is 0 Å². The molecule has 0 spiro atoms. The van der Waals surface area contributed by atoms with Gasteiger partial charge in [-0.25, -0.2) is 0 Å². The number of allylic oxidation sites excluding steroid dienone is 10. The monoisotopic (exact) mass is 404 g/mol. The maximum Gasteiger partial charge on any atom is 0.0150 e. The highest BCUT2D eigenvalue weighted by Crippen LogP contribution is 2.58. The van der Waals surface area contributed by atoms with E-state index in [0.717, 1.165) is 9.84 Å². The van der Waals surface area contributed by atoms with Crippen molar-refractivity contribution in [3.05, 3.63) is 58.2 Å². The van der Waals surface area contributed by atoms with E-state index >= 15 is 0 Å². The van der Waals surface area contributed by atoms with Crippen molar-refractivity contribution in [2.75, 3.05) is 0 Å². The normalized spacial score (nSPS) is 33.0. The van der Waals surface area contributed by atoms with E-state index in [9.17, 15) is 0 Å². The van der Waals surface area contributed by atoms with Crippen LogP contribution in [0.15, 0.2) is 58.2 Å². The number of hydrogen-bond acceptors (Lipinski definition) is 0. The van der Waals surface area contributed by atoms with E-state index in [1.54, 1.807) is 27.9 Å². The maximum atomic E-state index is 2.65. The van der Waals surface area contributed by atoms with Crippen LogP contribution in [-0.4, -0.2) is 3.92 Å². The van der Waals surface area contributed by atoms with Crippen LogP contribution in [0, 0.1) is 11.3 Å². The Morgan fingerprint density at radius 1 is 1.14 bits per heavy atom. The summed E-state index contributed by atoms with van der Waals surface area (Å²) < 4.78 is 0.821. The topological polar surface area (TPSA) is 0 Å². The summed E-state index contributed by atoms with van der Waals surface area (Å²) in [6, 6.07) is 0. The Balaban J connectivity index is 1.74. The van der Waals surface area contributed by atoms with Crippen LogP contribution in [0.1, 0.15) is 52.4 Å². The van der Waals surface area contributed by atoms with Gasteiger partial charge in [0.05, 0.1) is 0 Å². The van der Waals surface area contributed by atoms with Gasteiger partial charge in [-0.3, -0.25) is 0 Å². The first-order valence-corrected chi connectivity index (χ1v) is 9.96. The summed E-state index contributed by atoms with van der Waals surface area (Å²) in [5.74, 6) is 0.754. The van der Waals surface area contributed by atoms with E-state index in [0.29, 0.717) is 5.41 Å². The van der Waals surface area contributed by atoms with E-state index < -0.39 is 0 Å². The van der Waals surface area contributed by atoms with Gasteiger partial charge in [0.1, 0.15) is 0 Å². The second-order valence-electron chi connectivity index (χ2n) is 7.72. The third kappa shape index (κ3) is 2.31. The molecule has 0 aromatic rings. The van der Waals surface area contributed by atoms with Crippen molar-refractivity contribution >= 4 is 22.6 Å². The van der Waals surface area contributed by atoms with E-state index in [1.807, 2.05) is 0 Å². The molecule has 0 N–H and O–H groups in total. The molecule has 0 radical (unpaired) electrons. The fourth-order valence-electron chi connectivity index (χ4n) is 4.81. The molecule has 2 atom stereocenters. The predicted molar refractivity (Wildman–Crippen MR) is 103 cm³/mol. The standard InChI is InChI=1S/C21H25I/c1-21(2)19-12-15(14-6-4-3-5-7-14)8-10-17(19)18-11-9-16(22)13-20(18)21/h3-4,6,11-12,16,20H,5,7-10,13H2,1-2H3. The van der Waals surface area contributed by atoms with Crippen LogP contribution in [0.4, 0.5) is 0 Å². The number of fused-ring (bicyclic) bond motifs is 2. The maximum absolute atomic E-state index is 2.65. The molecule has 0 heterocycles. The summed E-state index contributed by atoms with van der Waals surface area (Å²) in [5.41, 5.74) is 8.59. The van der Waals surface area contributed by atoms with Gasteiger partial charge in [-0.15, -0.1) is 0 Å². The average molecular weight is 404 g/mol. The largest absolute Gasteiger partial charge is 0.0842 e. The van der Waals surface area contributed by atoms with Gasteiger partial charge in [-0.2, -0.15) is 0 Å². The molecular formula is C21H25I. The molecule has 4 aliphatic carbocycles. The number of halogens is 1. The van der Waals surface area contributed by atoms with Crippen molar-refractivity contribution in [1.82, 2.24) is 0 Å². The van der Waals surface area contributed by atoms with Crippen molar-refractivity contribution in [1.29, 1.82) is 0 Å². The molecular weight excluding hydrogens is 379 g/mol. The Bertz CT molecular complexity index is 651. The van der Waals surface area contributed by atoms with Crippen molar-refractivity contribution < 1.29 is 0 Å². The lowest BCUT2D eigenvalue weighted by atomic mass is 9.71. The van der Waals surface area contributed by atoms with Gasteiger partial charge in [0.15, 0.2) is 0 Å². The molecule has 0 nitrogen and oxygen atoms in total. The van der Waals surface area contributed by atoms with E-state index in [4.69, 9.17) is 0 Å². The smallest absolute Gasteiger partial charge is 0.0150 e. The average Bonchev–Trinajstić information content (AvgIpc) is 2.76. The molecule has 116 valence electrons. The third-order valence-corrected chi connectivity index (χ3v) is 7.11. The lowest BCUT2D eigenvalue weighted by Crippen LogP contribution is -2.26. The van der Waals surface area contributed by atoms with E-state index in [1.165, 1.54) is 38.5 Å². The molecule has 0 amide bonds. The Morgan fingerprint density at radius 3 is 2.77 bits per heavy atom. The van der Waals surface area contributed by atoms with Crippen molar-refractivity contribution in [3.63, 3.8) is 0 Å². The molecule has 0 saturated heterocycles. The molecule has 4 rings (SSSR count). The van der Waals surface area contributed by atoms with Crippen molar-refractivity contribution in [2.45, 2.75) is 56.3 Å².